The normalized spacial score (nSPS) is 10.3. The second kappa shape index (κ2) is 5.46. The topological polar surface area (TPSA) is 72.9 Å². The predicted octanol–water partition coefficient (Wildman–Crippen LogP) is 1.17. The summed E-state index contributed by atoms with van der Waals surface area (Å²) in [5, 5.41) is 6.82. The molecule has 2 rings (SSSR count). The van der Waals surface area contributed by atoms with Gasteiger partial charge in [0.1, 0.15) is 0 Å². The summed E-state index contributed by atoms with van der Waals surface area (Å²) in [7, 11) is 1.80. The van der Waals surface area contributed by atoms with Crippen molar-refractivity contribution in [2.75, 3.05) is 11.9 Å². The van der Waals surface area contributed by atoms with Crippen LogP contribution < -0.4 is 11.1 Å². The summed E-state index contributed by atoms with van der Waals surface area (Å²) >= 11 is 0. The van der Waals surface area contributed by atoms with Gasteiger partial charge >= 0.3 is 0 Å². The average Bonchev–Trinajstić information content (AvgIpc) is 2.76. The number of nitrogens with zero attached hydrogens (tertiary/aromatic N) is 2. The number of carbonyl (C=O) groups is 1. The second-order valence-corrected chi connectivity index (χ2v) is 4.05. The molecule has 1 aromatic heterocycles. The molecular formula is C13H16N4O. The fourth-order valence-corrected chi connectivity index (χ4v) is 1.80. The lowest BCUT2D eigenvalue weighted by atomic mass is 10.0. The van der Waals surface area contributed by atoms with Crippen LogP contribution in [0.2, 0.25) is 0 Å². The number of hydrogen-bond donors (Lipinski definition) is 2. The van der Waals surface area contributed by atoms with E-state index < -0.39 is 0 Å². The number of nitrogens with one attached hydrogen (secondary N) is 1. The average molecular weight is 244 g/mol. The van der Waals surface area contributed by atoms with Crippen molar-refractivity contribution in [1.29, 1.82) is 0 Å². The number of amides is 1. The molecule has 5 nitrogen and oxygen atoms in total. The molecule has 0 spiro atoms. The standard InChI is InChI=1S/C13H16N4O/c1-17-9-11(8-15-17)16-13(18)12-5-3-2-4-10(12)6-7-14/h2-5,8-9H,6-7,14H2,1H3,(H,16,18). The minimum absolute atomic E-state index is 0.132. The Morgan fingerprint density at radius 1 is 1.44 bits per heavy atom. The predicted molar refractivity (Wildman–Crippen MR) is 70.4 cm³/mol. The summed E-state index contributed by atoms with van der Waals surface area (Å²) in [6, 6.07) is 7.48. The van der Waals surface area contributed by atoms with Crippen molar-refractivity contribution in [3.63, 3.8) is 0 Å². The zero-order valence-electron chi connectivity index (χ0n) is 10.3. The van der Waals surface area contributed by atoms with Crippen molar-refractivity contribution in [2.24, 2.45) is 12.8 Å². The van der Waals surface area contributed by atoms with Crippen LogP contribution in [0.5, 0.6) is 0 Å². The first-order valence-corrected chi connectivity index (χ1v) is 5.78. The summed E-state index contributed by atoms with van der Waals surface area (Å²) in [6.45, 7) is 0.525. The van der Waals surface area contributed by atoms with Crippen LogP contribution in [0.3, 0.4) is 0 Å². The lowest BCUT2D eigenvalue weighted by Crippen LogP contribution is -2.15. The molecule has 5 heteroatoms. The molecule has 18 heavy (non-hydrogen) atoms. The van der Waals surface area contributed by atoms with E-state index >= 15 is 0 Å². The highest BCUT2D eigenvalue weighted by Crippen LogP contribution is 2.12. The van der Waals surface area contributed by atoms with E-state index in [1.54, 1.807) is 30.2 Å². The summed E-state index contributed by atoms with van der Waals surface area (Å²) < 4.78 is 1.64. The van der Waals surface area contributed by atoms with Crippen LogP contribution in [0.25, 0.3) is 0 Å². The van der Waals surface area contributed by atoms with E-state index in [2.05, 4.69) is 10.4 Å². The molecule has 94 valence electrons. The third-order valence-corrected chi connectivity index (χ3v) is 2.64. The third kappa shape index (κ3) is 2.75. The number of rotatable bonds is 4. The van der Waals surface area contributed by atoms with E-state index in [4.69, 9.17) is 5.73 Å². The monoisotopic (exact) mass is 244 g/mol. The van der Waals surface area contributed by atoms with Crippen LogP contribution in [0, 0.1) is 0 Å². The van der Waals surface area contributed by atoms with Gasteiger partial charge < -0.3 is 11.1 Å². The fourth-order valence-electron chi connectivity index (χ4n) is 1.80. The SMILES string of the molecule is Cn1cc(NC(=O)c2ccccc2CCN)cn1. The smallest absolute Gasteiger partial charge is 0.256 e. The van der Waals surface area contributed by atoms with Gasteiger partial charge in [-0.05, 0) is 24.6 Å². The van der Waals surface area contributed by atoms with Gasteiger partial charge in [-0.25, -0.2) is 0 Å². The van der Waals surface area contributed by atoms with E-state index in [0.29, 0.717) is 24.2 Å². The number of aromatic nitrogens is 2. The minimum Gasteiger partial charge on any atom is -0.330 e. The van der Waals surface area contributed by atoms with Crippen molar-refractivity contribution >= 4 is 11.6 Å². The summed E-state index contributed by atoms with van der Waals surface area (Å²) in [6.07, 6.45) is 4.06. The molecule has 0 radical (unpaired) electrons. The lowest BCUT2D eigenvalue weighted by molar-refractivity contribution is 0.102. The van der Waals surface area contributed by atoms with Crippen molar-refractivity contribution in [3.8, 4) is 0 Å². The van der Waals surface area contributed by atoms with E-state index in [1.165, 1.54) is 0 Å². The summed E-state index contributed by atoms with van der Waals surface area (Å²) in [5.41, 5.74) is 7.84. The van der Waals surface area contributed by atoms with Gasteiger partial charge in [-0.3, -0.25) is 9.48 Å². The van der Waals surface area contributed by atoms with Crippen LogP contribution >= 0.6 is 0 Å². The van der Waals surface area contributed by atoms with Crippen LogP contribution in [0.15, 0.2) is 36.7 Å². The Morgan fingerprint density at radius 2 is 2.22 bits per heavy atom. The molecule has 0 saturated heterocycles. The second-order valence-electron chi connectivity index (χ2n) is 4.05. The quantitative estimate of drug-likeness (QED) is 0.848. The van der Waals surface area contributed by atoms with Crippen molar-refractivity contribution in [3.05, 3.63) is 47.8 Å². The first-order valence-electron chi connectivity index (χ1n) is 5.78. The zero-order valence-corrected chi connectivity index (χ0v) is 10.3. The highest BCUT2D eigenvalue weighted by atomic mass is 16.1. The molecule has 0 unspecified atom stereocenters. The summed E-state index contributed by atoms with van der Waals surface area (Å²) in [5.74, 6) is -0.132. The van der Waals surface area contributed by atoms with Crippen molar-refractivity contribution in [1.82, 2.24) is 9.78 Å². The number of carbonyl (C=O) groups excluding carboxylic acids is 1. The first-order chi connectivity index (χ1) is 8.70. The molecule has 0 aliphatic carbocycles. The summed E-state index contributed by atoms with van der Waals surface area (Å²) in [4.78, 5) is 12.1. The van der Waals surface area contributed by atoms with Crippen LogP contribution in [0.4, 0.5) is 5.69 Å². The van der Waals surface area contributed by atoms with Crippen molar-refractivity contribution < 1.29 is 4.79 Å². The molecule has 0 saturated carbocycles. The Balaban J connectivity index is 2.18. The molecule has 0 fully saturated rings. The Bertz CT molecular complexity index is 547. The van der Waals surface area contributed by atoms with E-state index in [9.17, 15) is 4.79 Å². The Kier molecular flexibility index (Phi) is 3.74. The molecule has 3 N–H and O–H groups in total. The Labute approximate surface area is 106 Å². The van der Waals surface area contributed by atoms with Gasteiger partial charge in [0.05, 0.1) is 11.9 Å². The fraction of sp³-hybridized carbons (Fsp3) is 0.231. The molecule has 0 aliphatic rings. The maximum atomic E-state index is 12.1. The minimum atomic E-state index is -0.132. The van der Waals surface area contributed by atoms with Gasteiger partial charge in [0.25, 0.3) is 5.91 Å². The van der Waals surface area contributed by atoms with Crippen LogP contribution in [-0.2, 0) is 13.5 Å². The zero-order chi connectivity index (χ0) is 13.0. The molecule has 1 amide bonds. The van der Waals surface area contributed by atoms with Crippen LogP contribution in [-0.4, -0.2) is 22.2 Å². The number of benzene rings is 1. The van der Waals surface area contributed by atoms with Gasteiger partial charge in [-0.15, -0.1) is 0 Å². The van der Waals surface area contributed by atoms with E-state index in [-0.39, 0.29) is 5.91 Å². The van der Waals surface area contributed by atoms with Crippen LogP contribution in [0.1, 0.15) is 15.9 Å². The Hall–Kier alpha value is -2.14. The number of nitrogens with two attached hydrogens (primary N) is 1. The third-order valence-electron chi connectivity index (χ3n) is 2.64. The first kappa shape index (κ1) is 12.3. The lowest BCUT2D eigenvalue weighted by Gasteiger charge is -2.08. The molecule has 1 heterocycles. The number of aryl methyl sites for hydroxylation is 1. The van der Waals surface area contributed by atoms with Gasteiger partial charge in [0.2, 0.25) is 0 Å². The number of hydrogen-bond acceptors (Lipinski definition) is 3. The highest BCUT2D eigenvalue weighted by Gasteiger charge is 2.11. The van der Waals surface area contributed by atoms with Gasteiger partial charge in [-0.1, -0.05) is 18.2 Å². The molecule has 0 atom stereocenters. The molecule has 0 bridgehead atoms. The highest BCUT2D eigenvalue weighted by molar-refractivity contribution is 6.05. The molecular weight excluding hydrogens is 228 g/mol. The molecule has 1 aromatic carbocycles. The van der Waals surface area contributed by atoms with E-state index in [0.717, 1.165) is 5.56 Å². The molecule has 0 aliphatic heterocycles. The van der Waals surface area contributed by atoms with E-state index in [1.807, 2.05) is 18.2 Å². The maximum Gasteiger partial charge on any atom is 0.256 e. The molecule has 2 aromatic rings. The largest absolute Gasteiger partial charge is 0.330 e. The van der Waals surface area contributed by atoms with Gasteiger partial charge in [-0.2, -0.15) is 5.10 Å². The number of anilines is 1. The van der Waals surface area contributed by atoms with Gasteiger partial charge in [0.15, 0.2) is 0 Å². The Morgan fingerprint density at radius 3 is 2.89 bits per heavy atom. The maximum absolute atomic E-state index is 12.1. The van der Waals surface area contributed by atoms with Gasteiger partial charge in [0, 0.05) is 18.8 Å². The van der Waals surface area contributed by atoms with Crippen molar-refractivity contribution in [2.45, 2.75) is 6.42 Å².